The van der Waals surface area contributed by atoms with Gasteiger partial charge in [-0.3, -0.25) is 9.69 Å². The van der Waals surface area contributed by atoms with Gasteiger partial charge in [0.2, 0.25) is 0 Å². The highest BCUT2D eigenvalue weighted by Gasteiger charge is 2.50. The van der Waals surface area contributed by atoms with Gasteiger partial charge in [0.1, 0.15) is 17.3 Å². The number of nitrogens with zero attached hydrogens (tertiary/aromatic N) is 4. The van der Waals surface area contributed by atoms with Crippen molar-refractivity contribution in [3.63, 3.8) is 0 Å². The van der Waals surface area contributed by atoms with Crippen molar-refractivity contribution >= 4 is 46.7 Å². The van der Waals surface area contributed by atoms with E-state index in [-0.39, 0.29) is 33.5 Å². The Morgan fingerprint density at radius 2 is 2.07 bits per heavy atom. The van der Waals surface area contributed by atoms with Gasteiger partial charge in [0, 0.05) is 12.7 Å². The van der Waals surface area contributed by atoms with Crippen molar-refractivity contribution in [2.75, 3.05) is 11.2 Å². The first-order valence-electron chi connectivity index (χ1n) is 8.74. The Morgan fingerprint density at radius 1 is 1.37 bits per heavy atom. The summed E-state index contributed by atoms with van der Waals surface area (Å²) in [6.45, 7) is 3.55. The molecule has 1 saturated heterocycles. The molecule has 154 valence electrons. The van der Waals surface area contributed by atoms with Crippen molar-refractivity contribution < 1.29 is 19.1 Å². The predicted octanol–water partition coefficient (Wildman–Crippen LogP) is 3.42. The standard InChI is InChI=1S/C20H17FN4O3S2/c1-20(2)18(28)25(14-7-5-12(8-22)16(30-3)15(14)21)19(29)24(20)10-11-4-6-13(17(26)27)23-9-11/h4-7,9H,10H2,1-3H3,(H,26,27). The molecule has 0 radical (unpaired) electrons. The molecule has 2 heterocycles. The van der Waals surface area contributed by atoms with Gasteiger partial charge in [-0.1, -0.05) is 6.07 Å². The smallest absolute Gasteiger partial charge is 0.354 e. The van der Waals surface area contributed by atoms with Gasteiger partial charge in [0.25, 0.3) is 5.91 Å². The van der Waals surface area contributed by atoms with Crippen LogP contribution in [0, 0.1) is 17.1 Å². The number of carboxylic acids is 1. The molecule has 1 amide bonds. The van der Waals surface area contributed by atoms with Crippen LogP contribution in [-0.4, -0.2) is 43.8 Å². The Balaban J connectivity index is 1.99. The molecule has 30 heavy (non-hydrogen) atoms. The molecule has 7 nitrogen and oxygen atoms in total. The molecule has 1 aromatic carbocycles. The van der Waals surface area contributed by atoms with E-state index in [0.29, 0.717) is 5.56 Å². The molecular weight excluding hydrogens is 427 g/mol. The van der Waals surface area contributed by atoms with Crippen LogP contribution in [0.15, 0.2) is 35.4 Å². The van der Waals surface area contributed by atoms with Crippen LogP contribution in [-0.2, 0) is 11.3 Å². The number of rotatable bonds is 5. The molecule has 0 saturated carbocycles. The maximum absolute atomic E-state index is 15.1. The van der Waals surface area contributed by atoms with Gasteiger partial charge in [0.15, 0.2) is 10.9 Å². The van der Waals surface area contributed by atoms with E-state index in [1.165, 1.54) is 24.4 Å². The van der Waals surface area contributed by atoms with Crippen LogP contribution < -0.4 is 4.90 Å². The zero-order valence-electron chi connectivity index (χ0n) is 16.3. The molecule has 1 N–H and O–H groups in total. The normalized spacial score (nSPS) is 15.4. The molecule has 0 unspecified atom stereocenters. The minimum atomic E-state index is -1.14. The van der Waals surface area contributed by atoms with E-state index in [0.717, 1.165) is 16.7 Å². The lowest BCUT2D eigenvalue weighted by Gasteiger charge is -2.29. The highest BCUT2D eigenvalue weighted by atomic mass is 32.2. The maximum atomic E-state index is 15.1. The Labute approximate surface area is 182 Å². The van der Waals surface area contributed by atoms with Crippen LogP contribution in [0.5, 0.6) is 0 Å². The third-order valence-electron chi connectivity index (χ3n) is 4.85. The van der Waals surface area contributed by atoms with Gasteiger partial charge in [-0.05, 0) is 56.1 Å². The van der Waals surface area contributed by atoms with Crippen LogP contribution in [0.25, 0.3) is 0 Å². The molecule has 1 aromatic heterocycles. The third kappa shape index (κ3) is 3.51. The van der Waals surface area contributed by atoms with Gasteiger partial charge in [-0.25, -0.2) is 14.2 Å². The number of carbonyl (C=O) groups excluding carboxylic acids is 1. The summed E-state index contributed by atoms with van der Waals surface area (Å²) in [4.78, 5) is 30.9. The lowest BCUT2D eigenvalue weighted by Crippen LogP contribution is -2.43. The van der Waals surface area contributed by atoms with Gasteiger partial charge >= 0.3 is 5.97 Å². The number of halogens is 1. The largest absolute Gasteiger partial charge is 0.477 e. The third-order valence-corrected chi connectivity index (χ3v) is 6.06. The number of amides is 1. The van der Waals surface area contributed by atoms with Crippen molar-refractivity contribution in [1.82, 2.24) is 9.88 Å². The van der Waals surface area contributed by atoms with E-state index in [9.17, 15) is 14.9 Å². The summed E-state index contributed by atoms with van der Waals surface area (Å²) in [7, 11) is 0. The molecule has 1 aliphatic rings. The number of carbonyl (C=O) groups is 2. The summed E-state index contributed by atoms with van der Waals surface area (Å²) in [6, 6.07) is 7.74. The average molecular weight is 445 g/mol. The minimum Gasteiger partial charge on any atom is -0.477 e. The highest BCUT2D eigenvalue weighted by Crippen LogP contribution is 2.38. The molecule has 10 heteroatoms. The fourth-order valence-electron chi connectivity index (χ4n) is 3.15. The second-order valence-corrected chi connectivity index (χ2v) is 8.20. The van der Waals surface area contributed by atoms with Crippen molar-refractivity contribution in [3.8, 4) is 6.07 Å². The van der Waals surface area contributed by atoms with Crippen molar-refractivity contribution in [2.24, 2.45) is 0 Å². The summed E-state index contributed by atoms with van der Waals surface area (Å²) >= 11 is 6.60. The van der Waals surface area contributed by atoms with Crippen molar-refractivity contribution in [1.29, 1.82) is 5.26 Å². The van der Waals surface area contributed by atoms with E-state index in [4.69, 9.17) is 17.3 Å². The first kappa shape index (κ1) is 21.7. The summed E-state index contributed by atoms with van der Waals surface area (Å²) in [5, 5.41) is 18.3. The van der Waals surface area contributed by atoms with Gasteiger partial charge in [-0.15, -0.1) is 11.8 Å². The maximum Gasteiger partial charge on any atom is 0.354 e. The molecule has 0 bridgehead atoms. The summed E-state index contributed by atoms with van der Waals surface area (Å²) in [5.41, 5.74) is -0.341. The number of carboxylic acid groups (broad SMARTS) is 1. The van der Waals surface area contributed by atoms with E-state index < -0.39 is 23.2 Å². The van der Waals surface area contributed by atoms with E-state index in [1.54, 1.807) is 31.1 Å². The number of nitriles is 1. The number of anilines is 1. The fourth-order valence-corrected chi connectivity index (χ4v) is 4.24. The van der Waals surface area contributed by atoms with Crippen LogP contribution in [0.4, 0.5) is 10.1 Å². The number of thioether (sulfide) groups is 1. The number of aromatic carboxylic acids is 1. The number of benzene rings is 1. The minimum absolute atomic E-state index is 0.0109. The Bertz CT molecular complexity index is 1100. The Hall–Kier alpha value is -3.03. The van der Waals surface area contributed by atoms with E-state index in [1.807, 2.05) is 6.07 Å². The van der Waals surface area contributed by atoms with Crippen LogP contribution in [0.2, 0.25) is 0 Å². The van der Waals surface area contributed by atoms with Crippen LogP contribution in [0.1, 0.15) is 35.5 Å². The number of hydrogen-bond acceptors (Lipinski definition) is 6. The summed E-state index contributed by atoms with van der Waals surface area (Å²) in [5.74, 6) is -2.22. The zero-order valence-corrected chi connectivity index (χ0v) is 18.0. The summed E-state index contributed by atoms with van der Waals surface area (Å²) < 4.78 is 15.1. The van der Waals surface area contributed by atoms with Crippen molar-refractivity contribution in [2.45, 2.75) is 30.8 Å². The number of hydrogen-bond donors (Lipinski definition) is 1. The number of aromatic nitrogens is 1. The Morgan fingerprint density at radius 3 is 2.60 bits per heavy atom. The highest BCUT2D eigenvalue weighted by molar-refractivity contribution is 7.98. The zero-order chi connectivity index (χ0) is 22.2. The van der Waals surface area contributed by atoms with Crippen molar-refractivity contribution in [3.05, 3.63) is 53.1 Å². The van der Waals surface area contributed by atoms with Crippen LogP contribution >= 0.6 is 24.0 Å². The van der Waals surface area contributed by atoms with E-state index in [2.05, 4.69) is 4.98 Å². The number of thiocarbonyl (C=S) groups is 1. The molecule has 3 rings (SSSR count). The fraction of sp³-hybridized carbons (Fsp3) is 0.250. The topological polar surface area (TPSA) is 97.5 Å². The molecule has 1 fully saturated rings. The van der Waals surface area contributed by atoms with Gasteiger partial charge in [-0.2, -0.15) is 5.26 Å². The van der Waals surface area contributed by atoms with E-state index >= 15 is 4.39 Å². The quantitative estimate of drug-likeness (QED) is 0.553. The Kier molecular flexibility index (Phi) is 5.78. The molecule has 0 spiro atoms. The second-order valence-electron chi connectivity index (χ2n) is 7.02. The molecule has 1 aliphatic heterocycles. The first-order valence-corrected chi connectivity index (χ1v) is 10.4. The lowest BCUT2D eigenvalue weighted by atomic mass is 10.0. The molecule has 2 aromatic rings. The molecule has 0 aliphatic carbocycles. The van der Waals surface area contributed by atoms with Gasteiger partial charge in [0.05, 0.1) is 16.1 Å². The predicted molar refractivity (Wildman–Crippen MR) is 114 cm³/mol. The molecule has 0 atom stereocenters. The average Bonchev–Trinajstić information content (AvgIpc) is 2.88. The molecular formula is C20H17FN4O3S2. The monoisotopic (exact) mass is 444 g/mol. The first-order chi connectivity index (χ1) is 14.1. The second kappa shape index (κ2) is 8.01. The van der Waals surface area contributed by atoms with Crippen LogP contribution in [0.3, 0.4) is 0 Å². The SMILES string of the molecule is CSc1c(C#N)ccc(N2C(=O)C(C)(C)N(Cc3ccc(C(=O)O)nc3)C2=S)c1F. The van der Waals surface area contributed by atoms with Gasteiger partial charge < -0.3 is 10.0 Å². The lowest BCUT2D eigenvalue weighted by molar-refractivity contribution is -0.123. The summed E-state index contributed by atoms with van der Waals surface area (Å²) in [6.07, 6.45) is 3.06. The number of pyridine rings is 1.